The van der Waals surface area contributed by atoms with Crippen molar-refractivity contribution in [1.29, 1.82) is 0 Å². The first kappa shape index (κ1) is 24.0. The second-order valence-electron chi connectivity index (χ2n) is 9.24. The van der Waals surface area contributed by atoms with Gasteiger partial charge in [0.2, 0.25) is 17.8 Å². The Balaban J connectivity index is 1.51. The SMILES string of the molecule is C=CC(=O)NC1CC(C2CCC2)CCC1Nc1nc(Nc2cc(C(N)=O)ccc2C)ncc1Cl. The molecule has 2 amide bonds. The first-order valence-corrected chi connectivity index (χ1v) is 12.1. The average molecular weight is 483 g/mol. The zero-order valence-electron chi connectivity index (χ0n) is 19.3. The molecule has 2 fully saturated rings. The fraction of sp³-hybridized carbons (Fsp3) is 0.440. The van der Waals surface area contributed by atoms with Crippen LogP contribution in [0.2, 0.25) is 5.02 Å². The van der Waals surface area contributed by atoms with Gasteiger partial charge in [0.25, 0.3) is 0 Å². The van der Waals surface area contributed by atoms with Crippen LogP contribution in [0.5, 0.6) is 0 Å². The Kier molecular flexibility index (Phi) is 7.36. The lowest BCUT2D eigenvalue weighted by molar-refractivity contribution is -0.117. The summed E-state index contributed by atoms with van der Waals surface area (Å²) in [6, 6.07) is 5.11. The predicted molar refractivity (Wildman–Crippen MR) is 134 cm³/mol. The second-order valence-corrected chi connectivity index (χ2v) is 9.65. The first-order chi connectivity index (χ1) is 16.3. The molecule has 0 spiro atoms. The number of hydrogen-bond acceptors (Lipinski definition) is 6. The van der Waals surface area contributed by atoms with Gasteiger partial charge in [-0.3, -0.25) is 9.59 Å². The highest BCUT2D eigenvalue weighted by molar-refractivity contribution is 6.32. The number of carbonyl (C=O) groups excluding carboxylic acids is 2. The van der Waals surface area contributed by atoms with Crippen molar-refractivity contribution < 1.29 is 9.59 Å². The van der Waals surface area contributed by atoms with Crippen molar-refractivity contribution in [3.05, 3.63) is 53.2 Å². The molecule has 8 nitrogen and oxygen atoms in total. The van der Waals surface area contributed by atoms with Gasteiger partial charge in [-0.15, -0.1) is 0 Å². The highest BCUT2D eigenvalue weighted by Gasteiger charge is 2.37. The van der Waals surface area contributed by atoms with Gasteiger partial charge in [-0.05, 0) is 61.8 Å². The Labute approximate surface area is 204 Å². The van der Waals surface area contributed by atoms with E-state index in [0.29, 0.717) is 34.0 Å². The van der Waals surface area contributed by atoms with Crippen LogP contribution < -0.4 is 21.7 Å². The van der Waals surface area contributed by atoms with Gasteiger partial charge in [0.05, 0.1) is 6.20 Å². The van der Waals surface area contributed by atoms with E-state index in [1.807, 2.05) is 13.0 Å². The highest BCUT2D eigenvalue weighted by Crippen LogP contribution is 2.41. The summed E-state index contributed by atoms with van der Waals surface area (Å²) < 4.78 is 0. The van der Waals surface area contributed by atoms with E-state index in [0.717, 1.165) is 30.7 Å². The van der Waals surface area contributed by atoms with Crippen molar-refractivity contribution in [3.8, 4) is 0 Å². The molecular formula is C25H31ClN6O2. The van der Waals surface area contributed by atoms with Gasteiger partial charge >= 0.3 is 0 Å². The molecule has 4 rings (SSSR count). The van der Waals surface area contributed by atoms with Crippen molar-refractivity contribution in [2.75, 3.05) is 10.6 Å². The zero-order valence-corrected chi connectivity index (χ0v) is 20.1. The smallest absolute Gasteiger partial charge is 0.248 e. The van der Waals surface area contributed by atoms with Gasteiger partial charge in [-0.1, -0.05) is 43.5 Å². The quantitative estimate of drug-likeness (QED) is 0.415. The van der Waals surface area contributed by atoms with E-state index >= 15 is 0 Å². The standard InChI is InChI=1S/C25H31ClN6O2/c1-3-22(33)29-21-11-16(15-5-4-6-15)9-10-19(21)30-24-18(26)13-28-25(32-24)31-20-12-17(23(27)34)8-7-14(20)2/h3,7-8,12-13,15-16,19,21H,1,4-6,9-11H2,2H3,(H2,27,34)(H,29,33)(H2,28,30,31,32). The van der Waals surface area contributed by atoms with Crippen LogP contribution in [0.4, 0.5) is 17.5 Å². The number of anilines is 3. The molecule has 0 bridgehead atoms. The molecule has 2 aliphatic carbocycles. The molecule has 9 heteroatoms. The fourth-order valence-electron chi connectivity index (χ4n) is 4.85. The van der Waals surface area contributed by atoms with Crippen LogP contribution in [0.25, 0.3) is 0 Å². The first-order valence-electron chi connectivity index (χ1n) is 11.7. The van der Waals surface area contributed by atoms with Gasteiger partial charge in [0.15, 0.2) is 5.82 Å². The third-order valence-electron chi connectivity index (χ3n) is 7.06. The molecule has 0 radical (unpaired) electrons. The van der Waals surface area contributed by atoms with E-state index < -0.39 is 5.91 Å². The third-order valence-corrected chi connectivity index (χ3v) is 7.33. The van der Waals surface area contributed by atoms with Crippen LogP contribution in [-0.4, -0.2) is 33.9 Å². The lowest BCUT2D eigenvalue weighted by atomic mass is 9.68. The van der Waals surface area contributed by atoms with Crippen LogP contribution in [0.15, 0.2) is 37.1 Å². The van der Waals surface area contributed by atoms with Crippen LogP contribution in [0.1, 0.15) is 54.4 Å². The molecule has 1 aromatic carbocycles. The monoisotopic (exact) mass is 482 g/mol. The number of nitrogens with one attached hydrogen (secondary N) is 3. The van der Waals surface area contributed by atoms with Gasteiger partial charge < -0.3 is 21.7 Å². The summed E-state index contributed by atoms with van der Waals surface area (Å²) in [4.78, 5) is 32.5. The van der Waals surface area contributed by atoms with Gasteiger partial charge in [-0.25, -0.2) is 4.98 Å². The molecule has 0 saturated heterocycles. The molecular weight excluding hydrogens is 452 g/mol. The van der Waals surface area contributed by atoms with Crippen molar-refractivity contribution in [1.82, 2.24) is 15.3 Å². The summed E-state index contributed by atoms with van der Waals surface area (Å²) in [7, 11) is 0. The molecule has 2 aromatic rings. The molecule has 2 aliphatic rings. The minimum absolute atomic E-state index is 0.0135. The number of benzene rings is 1. The second kappa shape index (κ2) is 10.4. The van der Waals surface area contributed by atoms with Crippen LogP contribution in [0, 0.1) is 18.8 Å². The molecule has 34 heavy (non-hydrogen) atoms. The van der Waals surface area contributed by atoms with Crippen molar-refractivity contribution >= 4 is 40.9 Å². The maximum atomic E-state index is 12.1. The molecule has 5 N–H and O–H groups in total. The van der Waals surface area contributed by atoms with E-state index in [4.69, 9.17) is 17.3 Å². The molecule has 2 saturated carbocycles. The van der Waals surface area contributed by atoms with Crippen molar-refractivity contribution in [2.24, 2.45) is 17.6 Å². The largest absolute Gasteiger partial charge is 0.366 e. The Morgan fingerprint density at radius 2 is 1.97 bits per heavy atom. The number of halogens is 1. The normalized spacial score (nSPS) is 22.4. The van der Waals surface area contributed by atoms with Crippen LogP contribution in [-0.2, 0) is 4.79 Å². The van der Waals surface area contributed by atoms with E-state index in [1.54, 1.807) is 12.1 Å². The molecule has 3 unspecified atom stereocenters. The summed E-state index contributed by atoms with van der Waals surface area (Å²) in [6.07, 6.45) is 9.66. The number of primary amides is 1. The summed E-state index contributed by atoms with van der Waals surface area (Å²) in [5, 5.41) is 10.1. The van der Waals surface area contributed by atoms with Gasteiger partial charge in [-0.2, -0.15) is 4.98 Å². The third kappa shape index (κ3) is 5.50. The predicted octanol–water partition coefficient (Wildman–Crippen LogP) is 4.33. The maximum Gasteiger partial charge on any atom is 0.248 e. The lowest BCUT2D eigenvalue weighted by Gasteiger charge is -2.43. The summed E-state index contributed by atoms with van der Waals surface area (Å²) >= 11 is 6.43. The van der Waals surface area contributed by atoms with Crippen molar-refractivity contribution in [3.63, 3.8) is 0 Å². The van der Waals surface area contributed by atoms with E-state index in [-0.39, 0.29) is 18.0 Å². The van der Waals surface area contributed by atoms with E-state index in [9.17, 15) is 9.59 Å². The number of nitrogens with two attached hydrogens (primary N) is 1. The molecule has 0 aliphatic heterocycles. The topological polar surface area (TPSA) is 122 Å². The van der Waals surface area contributed by atoms with E-state index in [2.05, 4.69) is 32.5 Å². The number of aromatic nitrogens is 2. The summed E-state index contributed by atoms with van der Waals surface area (Å²) in [6.45, 7) is 5.51. The molecule has 1 heterocycles. The highest BCUT2D eigenvalue weighted by atomic mass is 35.5. The fourth-order valence-corrected chi connectivity index (χ4v) is 5.00. The van der Waals surface area contributed by atoms with E-state index in [1.165, 1.54) is 31.5 Å². The lowest BCUT2D eigenvalue weighted by Crippen LogP contribution is -2.51. The van der Waals surface area contributed by atoms with Gasteiger partial charge in [0, 0.05) is 23.3 Å². The molecule has 1 aromatic heterocycles. The van der Waals surface area contributed by atoms with Crippen LogP contribution in [0.3, 0.4) is 0 Å². The van der Waals surface area contributed by atoms with Crippen molar-refractivity contribution in [2.45, 2.75) is 57.5 Å². The Morgan fingerprint density at radius 1 is 1.18 bits per heavy atom. The number of rotatable bonds is 8. The Morgan fingerprint density at radius 3 is 2.65 bits per heavy atom. The molecule has 180 valence electrons. The average Bonchev–Trinajstić information content (AvgIpc) is 2.77. The Hall–Kier alpha value is -3.13. The minimum Gasteiger partial charge on any atom is -0.366 e. The number of carbonyl (C=O) groups is 2. The maximum absolute atomic E-state index is 12.1. The summed E-state index contributed by atoms with van der Waals surface area (Å²) in [5.74, 6) is 1.54. The summed E-state index contributed by atoms with van der Waals surface area (Å²) in [5.41, 5.74) is 7.40. The number of amides is 2. The van der Waals surface area contributed by atoms with Crippen LogP contribution >= 0.6 is 11.6 Å². The number of aryl methyl sites for hydroxylation is 1. The molecule has 3 atom stereocenters. The zero-order chi connectivity index (χ0) is 24.2. The number of nitrogens with zero attached hydrogens (tertiary/aromatic N) is 2. The minimum atomic E-state index is -0.507. The number of hydrogen-bond donors (Lipinski definition) is 4. The Bertz CT molecular complexity index is 1090. The van der Waals surface area contributed by atoms with Gasteiger partial charge in [0.1, 0.15) is 5.02 Å².